The van der Waals surface area contributed by atoms with Crippen molar-refractivity contribution >= 4 is 6.03 Å². The van der Waals surface area contributed by atoms with Gasteiger partial charge in [-0.1, -0.05) is 55.3 Å². The number of carbonyl (C=O) groups excluding carboxylic acids is 1. The van der Waals surface area contributed by atoms with Gasteiger partial charge in [0.1, 0.15) is 17.3 Å². The van der Waals surface area contributed by atoms with Gasteiger partial charge in [-0.3, -0.25) is 0 Å². The number of carbonyl (C=O) groups is 1. The van der Waals surface area contributed by atoms with Gasteiger partial charge < -0.3 is 20.1 Å². The van der Waals surface area contributed by atoms with Gasteiger partial charge in [0.05, 0.1) is 5.54 Å². The van der Waals surface area contributed by atoms with Crippen LogP contribution in [0.3, 0.4) is 0 Å². The Kier molecular flexibility index (Phi) is 9.17. The maximum absolute atomic E-state index is 14.9. The molecule has 0 bridgehead atoms. The average molecular weight is 603 g/mol. The molecule has 3 aromatic carbocycles. The first-order valence-electron chi connectivity index (χ1n) is 12.9. The number of nitrogens with one attached hydrogen (secondary N) is 2. The van der Waals surface area contributed by atoms with Gasteiger partial charge in [-0.05, 0) is 53.8 Å². The molecule has 0 aromatic heterocycles. The van der Waals surface area contributed by atoms with Crippen LogP contribution >= 0.6 is 0 Å². The largest absolute Gasteiger partial charge is 0.573 e. The van der Waals surface area contributed by atoms with Gasteiger partial charge in [0, 0.05) is 18.5 Å². The fraction of sp³-hybridized carbons (Fsp3) is 0.345. The number of hydrogen-bond donors (Lipinski definition) is 2. The summed E-state index contributed by atoms with van der Waals surface area (Å²) in [6.07, 6.45) is -11.2. The van der Waals surface area contributed by atoms with E-state index >= 15 is 0 Å². The third kappa shape index (κ3) is 7.83. The Bertz CT molecular complexity index is 1350. The Morgan fingerprint density at radius 2 is 1.48 bits per heavy atom. The lowest BCUT2D eigenvalue weighted by molar-refractivity contribution is -0.274. The fourth-order valence-corrected chi connectivity index (χ4v) is 4.96. The first-order valence-corrected chi connectivity index (χ1v) is 12.9. The molecule has 1 saturated carbocycles. The van der Waals surface area contributed by atoms with Gasteiger partial charge in [-0.2, -0.15) is 17.6 Å². The summed E-state index contributed by atoms with van der Waals surface area (Å²) in [6, 6.07) is 14.0. The van der Waals surface area contributed by atoms with E-state index in [0.29, 0.717) is 24.5 Å². The summed E-state index contributed by atoms with van der Waals surface area (Å²) in [5.74, 6) is -2.70. The number of ether oxygens (including phenoxy) is 2. The van der Waals surface area contributed by atoms with Crippen molar-refractivity contribution in [3.8, 4) is 11.5 Å². The lowest BCUT2D eigenvalue weighted by Crippen LogP contribution is -2.53. The van der Waals surface area contributed by atoms with Crippen molar-refractivity contribution in [2.45, 2.75) is 62.6 Å². The molecule has 226 valence electrons. The monoisotopic (exact) mass is 602 g/mol. The highest BCUT2D eigenvalue weighted by atomic mass is 19.4. The molecule has 0 aliphatic heterocycles. The third-order valence-corrected chi connectivity index (χ3v) is 6.78. The standard InChI is InChI=1S/C29H26F8N2O3/c30-21-14-20(15-24(16-21)41-28(33,34)25(31)32)27(17-18-6-2-1-3-7-18,39-26(40)38-22-8-4-5-9-22)19-10-12-23(13-11-19)42-29(35,36)37/h1-3,6-7,10-16,22,25H,4-5,8-9,17H2,(H2,38,39,40)/t27-/m1/s1. The van der Waals surface area contributed by atoms with Gasteiger partial charge in [0.25, 0.3) is 0 Å². The highest BCUT2D eigenvalue weighted by Crippen LogP contribution is 2.39. The molecule has 3 aromatic rings. The number of urea groups is 1. The quantitative estimate of drug-likeness (QED) is 0.234. The number of alkyl halides is 7. The van der Waals surface area contributed by atoms with Crippen LogP contribution in [0.1, 0.15) is 42.4 Å². The van der Waals surface area contributed by atoms with Gasteiger partial charge in [0.2, 0.25) is 0 Å². The van der Waals surface area contributed by atoms with E-state index in [1.165, 1.54) is 12.1 Å². The molecule has 13 heteroatoms. The van der Waals surface area contributed by atoms with Crippen LogP contribution in [0.25, 0.3) is 0 Å². The second kappa shape index (κ2) is 12.5. The SMILES string of the molecule is O=C(NC1CCCC1)N[C@](Cc1ccccc1)(c1ccc(OC(F)(F)F)cc1)c1cc(F)cc(OC(F)(F)C(F)F)c1. The van der Waals surface area contributed by atoms with Gasteiger partial charge in [-0.15, -0.1) is 13.2 Å². The number of amides is 2. The van der Waals surface area contributed by atoms with Crippen molar-refractivity contribution in [2.24, 2.45) is 0 Å². The summed E-state index contributed by atoms with van der Waals surface area (Å²) >= 11 is 0. The van der Waals surface area contributed by atoms with E-state index in [0.717, 1.165) is 37.1 Å². The highest BCUT2D eigenvalue weighted by molar-refractivity contribution is 5.76. The fourth-order valence-electron chi connectivity index (χ4n) is 4.96. The van der Waals surface area contributed by atoms with E-state index in [4.69, 9.17) is 0 Å². The number of halogens is 8. The Morgan fingerprint density at radius 3 is 2.07 bits per heavy atom. The maximum Gasteiger partial charge on any atom is 0.573 e. The molecule has 0 unspecified atom stereocenters. The normalized spacial score (nSPS) is 15.7. The summed E-state index contributed by atoms with van der Waals surface area (Å²) in [5, 5.41) is 5.59. The molecule has 42 heavy (non-hydrogen) atoms. The van der Waals surface area contributed by atoms with Crippen LogP contribution in [0.5, 0.6) is 11.5 Å². The predicted octanol–water partition coefficient (Wildman–Crippen LogP) is 7.69. The van der Waals surface area contributed by atoms with E-state index in [2.05, 4.69) is 20.1 Å². The van der Waals surface area contributed by atoms with Gasteiger partial charge >= 0.3 is 24.9 Å². The lowest BCUT2D eigenvalue weighted by Gasteiger charge is -2.37. The van der Waals surface area contributed by atoms with Crippen LogP contribution < -0.4 is 20.1 Å². The molecule has 0 spiro atoms. The molecule has 1 atom stereocenters. The van der Waals surface area contributed by atoms with Crippen molar-refractivity contribution in [3.05, 3.63) is 95.3 Å². The van der Waals surface area contributed by atoms with E-state index in [9.17, 15) is 39.9 Å². The van der Waals surface area contributed by atoms with Crippen LogP contribution in [0, 0.1) is 5.82 Å². The van der Waals surface area contributed by atoms with Crippen molar-refractivity contribution in [3.63, 3.8) is 0 Å². The summed E-state index contributed by atoms with van der Waals surface area (Å²) in [4.78, 5) is 13.4. The van der Waals surface area contributed by atoms with Crippen molar-refractivity contribution in [1.29, 1.82) is 0 Å². The number of rotatable bonds is 10. The minimum Gasteiger partial charge on any atom is -0.428 e. The molecule has 1 aliphatic rings. The Balaban J connectivity index is 1.87. The molecule has 2 N–H and O–H groups in total. The first-order chi connectivity index (χ1) is 19.8. The van der Waals surface area contributed by atoms with Crippen molar-refractivity contribution < 1.29 is 49.4 Å². The van der Waals surface area contributed by atoms with Crippen LogP contribution in [0.15, 0.2) is 72.8 Å². The topological polar surface area (TPSA) is 59.6 Å². The Hall–Kier alpha value is -4.03. The second-order valence-corrected chi connectivity index (χ2v) is 9.86. The molecule has 1 fully saturated rings. The summed E-state index contributed by atoms with van der Waals surface area (Å²) in [7, 11) is 0. The predicted molar refractivity (Wildman–Crippen MR) is 136 cm³/mol. The minimum atomic E-state index is -4.99. The Labute approximate surface area is 235 Å². The molecule has 1 aliphatic carbocycles. The number of benzene rings is 3. The van der Waals surface area contributed by atoms with Crippen LogP contribution in [0.2, 0.25) is 0 Å². The van der Waals surface area contributed by atoms with E-state index in [1.807, 2.05) is 0 Å². The zero-order valence-electron chi connectivity index (χ0n) is 21.9. The Morgan fingerprint density at radius 1 is 0.833 bits per heavy atom. The second-order valence-electron chi connectivity index (χ2n) is 9.86. The van der Waals surface area contributed by atoms with E-state index in [-0.39, 0.29) is 23.6 Å². The minimum absolute atomic E-state index is 0.111. The van der Waals surface area contributed by atoms with E-state index < -0.39 is 47.8 Å². The van der Waals surface area contributed by atoms with Crippen LogP contribution in [0.4, 0.5) is 39.9 Å². The zero-order valence-corrected chi connectivity index (χ0v) is 21.9. The zero-order chi connectivity index (χ0) is 30.5. The highest BCUT2D eigenvalue weighted by Gasteiger charge is 2.45. The van der Waals surface area contributed by atoms with Gasteiger partial charge in [0.15, 0.2) is 0 Å². The van der Waals surface area contributed by atoms with Crippen LogP contribution in [-0.4, -0.2) is 31.0 Å². The lowest BCUT2D eigenvalue weighted by atomic mass is 9.77. The molecule has 5 nitrogen and oxygen atoms in total. The molecular weight excluding hydrogens is 576 g/mol. The first kappa shape index (κ1) is 30.9. The molecule has 0 heterocycles. The molecule has 2 amide bonds. The summed E-state index contributed by atoms with van der Waals surface area (Å²) in [6.45, 7) is 0. The van der Waals surface area contributed by atoms with Crippen molar-refractivity contribution in [1.82, 2.24) is 10.6 Å². The third-order valence-electron chi connectivity index (χ3n) is 6.78. The maximum atomic E-state index is 14.9. The molecule has 4 rings (SSSR count). The summed E-state index contributed by atoms with van der Waals surface area (Å²) in [5.41, 5.74) is -1.35. The summed E-state index contributed by atoms with van der Waals surface area (Å²) < 4.78 is 115. The molecule has 0 radical (unpaired) electrons. The smallest absolute Gasteiger partial charge is 0.428 e. The number of hydrogen-bond acceptors (Lipinski definition) is 3. The van der Waals surface area contributed by atoms with Gasteiger partial charge in [-0.25, -0.2) is 9.18 Å². The molecular formula is C29H26F8N2O3. The average Bonchev–Trinajstić information content (AvgIpc) is 3.40. The van der Waals surface area contributed by atoms with E-state index in [1.54, 1.807) is 30.3 Å². The molecule has 0 saturated heterocycles. The van der Waals surface area contributed by atoms with Crippen molar-refractivity contribution in [2.75, 3.05) is 0 Å². The van der Waals surface area contributed by atoms with Crippen LogP contribution in [-0.2, 0) is 12.0 Å².